The molecule has 0 saturated carbocycles. The number of fused-ring (bicyclic) bond motifs is 1. The fraction of sp³-hybridized carbons (Fsp3) is 0.0625. The molecule has 0 unspecified atom stereocenters. The molecule has 0 radical (unpaired) electrons. The average molecular weight is 270 g/mol. The maximum Gasteiger partial charge on any atom is 0.138 e. The van der Waals surface area contributed by atoms with Crippen molar-refractivity contribution < 1.29 is 4.74 Å². The van der Waals surface area contributed by atoms with Crippen LogP contribution < -0.4 is 4.74 Å². The number of ether oxygens (including phenoxy) is 1. The van der Waals surface area contributed by atoms with Crippen molar-refractivity contribution in [2.75, 3.05) is 7.11 Å². The van der Waals surface area contributed by atoms with Crippen LogP contribution in [0.2, 0.25) is 5.02 Å². The third kappa shape index (κ3) is 2.27. The standard InChI is InChI=1S/C16H12ClNO/c1-19-16-10-12(6-8-13(16)17)15-9-7-11-4-2-3-5-14(11)18-15/h2-10H,1H3. The van der Waals surface area contributed by atoms with E-state index in [0.29, 0.717) is 10.8 Å². The molecule has 0 N–H and O–H groups in total. The van der Waals surface area contributed by atoms with E-state index >= 15 is 0 Å². The van der Waals surface area contributed by atoms with E-state index in [1.165, 1.54) is 0 Å². The number of hydrogen-bond donors (Lipinski definition) is 0. The van der Waals surface area contributed by atoms with E-state index < -0.39 is 0 Å². The van der Waals surface area contributed by atoms with Gasteiger partial charge in [0.05, 0.1) is 23.3 Å². The Morgan fingerprint density at radius 3 is 2.68 bits per heavy atom. The van der Waals surface area contributed by atoms with Crippen molar-refractivity contribution in [2.24, 2.45) is 0 Å². The summed E-state index contributed by atoms with van der Waals surface area (Å²) in [5.41, 5.74) is 2.88. The van der Waals surface area contributed by atoms with Gasteiger partial charge in [-0.1, -0.05) is 41.9 Å². The third-order valence-corrected chi connectivity index (χ3v) is 3.36. The Bertz CT molecular complexity index is 740. The second kappa shape index (κ2) is 4.90. The van der Waals surface area contributed by atoms with Gasteiger partial charge < -0.3 is 4.74 Å². The lowest BCUT2D eigenvalue weighted by molar-refractivity contribution is 0.415. The van der Waals surface area contributed by atoms with E-state index in [2.05, 4.69) is 17.1 Å². The lowest BCUT2D eigenvalue weighted by Crippen LogP contribution is -1.88. The minimum Gasteiger partial charge on any atom is -0.495 e. The maximum atomic E-state index is 6.03. The molecule has 2 nitrogen and oxygen atoms in total. The molecule has 0 aliphatic rings. The van der Waals surface area contributed by atoms with Crippen LogP contribution in [-0.4, -0.2) is 12.1 Å². The van der Waals surface area contributed by atoms with Crippen LogP contribution in [0.1, 0.15) is 0 Å². The molecule has 1 aromatic heterocycles. The SMILES string of the molecule is COc1cc(-c2ccc3ccccc3n2)ccc1Cl. The lowest BCUT2D eigenvalue weighted by Gasteiger charge is -2.07. The molecule has 0 spiro atoms. The Labute approximate surface area is 116 Å². The summed E-state index contributed by atoms with van der Waals surface area (Å²) in [7, 11) is 1.61. The Kier molecular flexibility index (Phi) is 3.10. The van der Waals surface area contributed by atoms with Crippen molar-refractivity contribution in [1.29, 1.82) is 0 Å². The van der Waals surface area contributed by atoms with Gasteiger partial charge in [-0.25, -0.2) is 4.98 Å². The van der Waals surface area contributed by atoms with E-state index in [1.807, 2.05) is 42.5 Å². The van der Waals surface area contributed by atoms with Crippen LogP contribution in [0.15, 0.2) is 54.6 Å². The molecular formula is C16H12ClNO. The average Bonchev–Trinajstić information content (AvgIpc) is 2.47. The third-order valence-electron chi connectivity index (χ3n) is 3.05. The molecule has 0 saturated heterocycles. The topological polar surface area (TPSA) is 22.1 Å². The number of pyridine rings is 1. The minimum atomic E-state index is 0.604. The second-order valence-corrected chi connectivity index (χ2v) is 4.65. The molecule has 0 fully saturated rings. The van der Waals surface area contributed by atoms with Crippen LogP contribution in [0.4, 0.5) is 0 Å². The molecule has 3 aromatic rings. The highest BCUT2D eigenvalue weighted by Crippen LogP contribution is 2.30. The smallest absolute Gasteiger partial charge is 0.138 e. The number of aromatic nitrogens is 1. The normalized spacial score (nSPS) is 10.6. The maximum absolute atomic E-state index is 6.03. The zero-order valence-electron chi connectivity index (χ0n) is 10.4. The van der Waals surface area contributed by atoms with Gasteiger partial charge in [0, 0.05) is 10.9 Å². The fourth-order valence-corrected chi connectivity index (χ4v) is 2.24. The predicted octanol–water partition coefficient (Wildman–Crippen LogP) is 4.56. The zero-order valence-corrected chi connectivity index (χ0v) is 11.2. The molecule has 0 aliphatic heterocycles. The van der Waals surface area contributed by atoms with Gasteiger partial charge in [-0.05, 0) is 24.3 Å². The van der Waals surface area contributed by atoms with Crippen LogP contribution in [-0.2, 0) is 0 Å². The summed E-state index contributed by atoms with van der Waals surface area (Å²) in [6.45, 7) is 0. The van der Waals surface area contributed by atoms with Crippen molar-refractivity contribution >= 4 is 22.5 Å². The molecule has 3 rings (SSSR count). The summed E-state index contributed by atoms with van der Waals surface area (Å²) in [4.78, 5) is 4.65. The highest BCUT2D eigenvalue weighted by molar-refractivity contribution is 6.32. The Balaban J connectivity index is 2.13. The van der Waals surface area contributed by atoms with Crippen molar-refractivity contribution in [3.63, 3.8) is 0 Å². The summed E-state index contributed by atoms with van der Waals surface area (Å²) in [5, 5.41) is 1.74. The first-order valence-corrected chi connectivity index (χ1v) is 6.35. The van der Waals surface area contributed by atoms with Crippen LogP contribution in [0.5, 0.6) is 5.75 Å². The van der Waals surface area contributed by atoms with Crippen LogP contribution in [0, 0.1) is 0 Å². The van der Waals surface area contributed by atoms with E-state index in [-0.39, 0.29) is 0 Å². The number of benzene rings is 2. The van der Waals surface area contributed by atoms with E-state index in [1.54, 1.807) is 7.11 Å². The number of halogens is 1. The first kappa shape index (κ1) is 12.0. The molecule has 94 valence electrons. The summed E-state index contributed by atoms with van der Waals surface area (Å²) < 4.78 is 5.23. The summed E-state index contributed by atoms with van der Waals surface area (Å²) in [6, 6.07) is 17.8. The summed E-state index contributed by atoms with van der Waals surface area (Å²) in [5.74, 6) is 0.661. The van der Waals surface area contributed by atoms with Crippen LogP contribution in [0.3, 0.4) is 0 Å². The van der Waals surface area contributed by atoms with Gasteiger partial charge in [0.2, 0.25) is 0 Å². The van der Waals surface area contributed by atoms with Crippen molar-refractivity contribution in [2.45, 2.75) is 0 Å². The fourth-order valence-electron chi connectivity index (χ4n) is 2.05. The second-order valence-electron chi connectivity index (χ2n) is 4.24. The van der Waals surface area contributed by atoms with Crippen molar-refractivity contribution in [3.8, 4) is 17.0 Å². The van der Waals surface area contributed by atoms with Crippen molar-refractivity contribution in [3.05, 3.63) is 59.6 Å². The van der Waals surface area contributed by atoms with E-state index in [4.69, 9.17) is 16.3 Å². The van der Waals surface area contributed by atoms with Gasteiger partial charge in [-0.2, -0.15) is 0 Å². The van der Waals surface area contributed by atoms with Crippen molar-refractivity contribution in [1.82, 2.24) is 4.98 Å². The minimum absolute atomic E-state index is 0.604. The van der Waals surface area contributed by atoms with Gasteiger partial charge >= 0.3 is 0 Å². The van der Waals surface area contributed by atoms with Gasteiger partial charge in [0.25, 0.3) is 0 Å². The van der Waals surface area contributed by atoms with Gasteiger partial charge in [-0.15, -0.1) is 0 Å². The molecule has 0 atom stereocenters. The summed E-state index contributed by atoms with van der Waals surface area (Å²) >= 11 is 6.03. The quantitative estimate of drug-likeness (QED) is 0.680. The van der Waals surface area contributed by atoms with E-state index in [9.17, 15) is 0 Å². The van der Waals surface area contributed by atoms with Gasteiger partial charge in [-0.3, -0.25) is 0 Å². The molecule has 19 heavy (non-hydrogen) atoms. The number of hydrogen-bond acceptors (Lipinski definition) is 2. The molecule has 0 amide bonds. The number of nitrogens with zero attached hydrogens (tertiary/aromatic N) is 1. The highest BCUT2D eigenvalue weighted by Gasteiger charge is 2.05. The number of methoxy groups -OCH3 is 1. The number of para-hydroxylation sites is 1. The molecular weight excluding hydrogens is 258 g/mol. The van der Waals surface area contributed by atoms with Crippen LogP contribution >= 0.6 is 11.6 Å². The monoisotopic (exact) mass is 269 g/mol. The molecule has 1 heterocycles. The predicted molar refractivity (Wildman–Crippen MR) is 78.7 cm³/mol. The molecule has 0 bridgehead atoms. The first-order valence-electron chi connectivity index (χ1n) is 5.97. The zero-order chi connectivity index (χ0) is 13.2. The summed E-state index contributed by atoms with van der Waals surface area (Å²) in [6.07, 6.45) is 0. The van der Waals surface area contributed by atoms with Crippen LogP contribution in [0.25, 0.3) is 22.2 Å². The first-order chi connectivity index (χ1) is 9.28. The molecule has 0 aliphatic carbocycles. The lowest BCUT2D eigenvalue weighted by atomic mass is 10.1. The van der Waals surface area contributed by atoms with Gasteiger partial charge in [0.1, 0.15) is 5.75 Å². The molecule has 3 heteroatoms. The Morgan fingerprint density at radius 1 is 1.00 bits per heavy atom. The largest absolute Gasteiger partial charge is 0.495 e. The molecule has 2 aromatic carbocycles. The Morgan fingerprint density at radius 2 is 1.84 bits per heavy atom. The number of rotatable bonds is 2. The van der Waals surface area contributed by atoms with Gasteiger partial charge in [0.15, 0.2) is 0 Å². The van der Waals surface area contributed by atoms with E-state index in [0.717, 1.165) is 22.2 Å². The highest BCUT2D eigenvalue weighted by atomic mass is 35.5. The Hall–Kier alpha value is -2.06.